The zero-order chi connectivity index (χ0) is 13.7. The first-order valence-electron chi connectivity index (χ1n) is 6.42. The van der Waals surface area contributed by atoms with E-state index in [2.05, 4.69) is 43.3 Å². The number of halogens is 1. The molecule has 0 saturated heterocycles. The van der Waals surface area contributed by atoms with Crippen molar-refractivity contribution >= 4 is 23.4 Å². The van der Waals surface area contributed by atoms with Crippen LogP contribution in [0.5, 0.6) is 0 Å². The van der Waals surface area contributed by atoms with Gasteiger partial charge in [-0.2, -0.15) is 0 Å². The SMILES string of the molecule is CCC(N)c1ccccc1SCc1ccc(Cl)cc1. The summed E-state index contributed by atoms with van der Waals surface area (Å²) in [5.41, 5.74) is 8.67. The van der Waals surface area contributed by atoms with Gasteiger partial charge in [0.05, 0.1) is 0 Å². The smallest absolute Gasteiger partial charge is 0.0406 e. The van der Waals surface area contributed by atoms with Crippen molar-refractivity contribution in [2.45, 2.75) is 30.0 Å². The van der Waals surface area contributed by atoms with E-state index in [-0.39, 0.29) is 6.04 Å². The minimum absolute atomic E-state index is 0.119. The Balaban J connectivity index is 2.09. The van der Waals surface area contributed by atoms with Gasteiger partial charge in [0.15, 0.2) is 0 Å². The van der Waals surface area contributed by atoms with Crippen LogP contribution >= 0.6 is 23.4 Å². The Morgan fingerprint density at radius 2 is 1.79 bits per heavy atom. The molecule has 0 fully saturated rings. The molecule has 100 valence electrons. The summed E-state index contributed by atoms with van der Waals surface area (Å²) in [5.74, 6) is 0.935. The van der Waals surface area contributed by atoms with E-state index in [1.807, 2.05) is 23.9 Å². The van der Waals surface area contributed by atoms with Crippen LogP contribution in [0.1, 0.15) is 30.5 Å². The van der Waals surface area contributed by atoms with Gasteiger partial charge in [-0.05, 0) is 35.7 Å². The Hall–Kier alpha value is -0.960. The molecule has 19 heavy (non-hydrogen) atoms. The summed E-state index contributed by atoms with van der Waals surface area (Å²) < 4.78 is 0. The average Bonchev–Trinajstić information content (AvgIpc) is 2.46. The van der Waals surface area contributed by atoms with Crippen molar-refractivity contribution in [2.75, 3.05) is 0 Å². The Morgan fingerprint density at radius 3 is 2.47 bits per heavy atom. The number of benzene rings is 2. The highest BCUT2D eigenvalue weighted by Crippen LogP contribution is 2.30. The van der Waals surface area contributed by atoms with Gasteiger partial charge in [0.25, 0.3) is 0 Å². The number of nitrogens with two attached hydrogens (primary N) is 1. The maximum Gasteiger partial charge on any atom is 0.0406 e. The second-order valence-electron chi connectivity index (χ2n) is 4.47. The fourth-order valence-corrected chi connectivity index (χ4v) is 3.08. The first kappa shape index (κ1) is 14.4. The normalized spacial score (nSPS) is 12.4. The van der Waals surface area contributed by atoms with Crippen molar-refractivity contribution < 1.29 is 0 Å². The first-order chi connectivity index (χ1) is 9.20. The predicted molar refractivity (Wildman–Crippen MR) is 84.7 cm³/mol. The van der Waals surface area contributed by atoms with E-state index in [9.17, 15) is 0 Å². The van der Waals surface area contributed by atoms with E-state index in [0.29, 0.717) is 0 Å². The Morgan fingerprint density at radius 1 is 1.11 bits per heavy atom. The van der Waals surface area contributed by atoms with Crippen LogP contribution in [0.15, 0.2) is 53.4 Å². The summed E-state index contributed by atoms with van der Waals surface area (Å²) in [4.78, 5) is 1.27. The Labute approximate surface area is 124 Å². The molecule has 0 aliphatic carbocycles. The van der Waals surface area contributed by atoms with Gasteiger partial charge in [-0.25, -0.2) is 0 Å². The molecular weight excluding hydrogens is 274 g/mol. The number of hydrogen-bond donors (Lipinski definition) is 1. The van der Waals surface area contributed by atoms with Crippen LogP contribution in [0.2, 0.25) is 5.02 Å². The molecule has 1 nitrogen and oxygen atoms in total. The van der Waals surface area contributed by atoms with Crippen molar-refractivity contribution in [2.24, 2.45) is 5.73 Å². The monoisotopic (exact) mass is 291 g/mol. The highest BCUT2D eigenvalue weighted by atomic mass is 35.5. The van der Waals surface area contributed by atoms with Crippen LogP contribution in [-0.2, 0) is 5.75 Å². The van der Waals surface area contributed by atoms with E-state index in [1.165, 1.54) is 16.0 Å². The van der Waals surface area contributed by atoms with Crippen LogP contribution in [-0.4, -0.2) is 0 Å². The number of thioether (sulfide) groups is 1. The summed E-state index contributed by atoms with van der Waals surface area (Å²) in [5, 5.41) is 0.780. The molecule has 0 spiro atoms. The fraction of sp³-hybridized carbons (Fsp3) is 0.250. The first-order valence-corrected chi connectivity index (χ1v) is 7.78. The molecule has 0 radical (unpaired) electrons. The lowest BCUT2D eigenvalue weighted by Crippen LogP contribution is -2.09. The minimum Gasteiger partial charge on any atom is -0.324 e. The third kappa shape index (κ3) is 4.00. The van der Waals surface area contributed by atoms with E-state index in [1.54, 1.807) is 0 Å². The third-order valence-electron chi connectivity index (χ3n) is 3.07. The molecule has 0 heterocycles. The van der Waals surface area contributed by atoms with Gasteiger partial charge in [0, 0.05) is 21.7 Å². The number of hydrogen-bond acceptors (Lipinski definition) is 2. The van der Waals surface area contributed by atoms with Crippen LogP contribution in [0.3, 0.4) is 0 Å². The van der Waals surface area contributed by atoms with Gasteiger partial charge in [-0.1, -0.05) is 48.9 Å². The molecule has 2 aromatic carbocycles. The average molecular weight is 292 g/mol. The molecule has 0 aliphatic heterocycles. The lowest BCUT2D eigenvalue weighted by molar-refractivity contribution is 0.685. The van der Waals surface area contributed by atoms with Gasteiger partial charge in [-0.3, -0.25) is 0 Å². The van der Waals surface area contributed by atoms with E-state index < -0.39 is 0 Å². The quantitative estimate of drug-likeness (QED) is 0.781. The highest BCUT2D eigenvalue weighted by molar-refractivity contribution is 7.98. The Kier molecular flexibility index (Phi) is 5.32. The fourth-order valence-electron chi connectivity index (χ4n) is 1.88. The molecule has 1 atom stereocenters. The van der Waals surface area contributed by atoms with Crippen LogP contribution in [0.4, 0.5) is 0 Å². The zero-order valence-electron chi connectivity index (χ0n) is 11.0. The van der Waals surface area contributed by atoms with E-state index >= 15 is 0 Å². The van der Waals surface area contributed by atoms with Crippen LogP contribution in [0, 0.1) is 0 Å². The van der Waals surface area contributed by atoms with Crippen molar-refractivity contribution in [3.8, 4) is 0 Å². The van der Waals surface area contributed by atoms with Crippen molar-refractivity contribution in [1.82, 2.24) is 0 Å². The molecule has 0 aliphatic rings. The summed E-state index contributed by atoms with van der Waals surface area (Å²) in [6.45, 7) is 2.12. The molecule has 2 aromatic rings. The highest BCUT2D eigenvalue weighted by Gasteiger charge is 2.09. The maximum atomic E-state index is 6.15. The van der Waals surface area contributed by atoms with Crippen LogP contribution in [0.25, 0.3) is 0 Å². The molecule has 2 rings (SSSR count). The Bertz CT molecular complexity index is 525. The molecule has 0 aromatic heterocycles. The second-order valence-corrected chi connectivity index (χ2v) is 5.92. The largest absolute Gasteiger partial charge is 0.324 e. The molecular formula is C16H18ClNS. The van der Waals surface area contributed by atoms with Gasteiger partial charge >= 0.3 is 0 Å². The van der Waals surface area contributed by atoms with Gasteiger partial charge in [0.2, 0.25) is 0 Å². The predicted octanol–water partition coefficient (Wildman–Crippen LogP) is 5.04. The summed E-state index contributed by atoms with van der Waals surface area (Å²) in [6, 6.07) is 16.5. The van der Waals surface area contributed by atoms with Crippen molar-refractivity contribution in [3.05, 3.63) is 64.7 Å². The summed E-state index contributed by atoms with van der Waals surface area (Å²) in [6.07, 6.45) is 0.957. The van der Waals surface area contributed by atoms with Crippen LogP contribution < -0.4 is 5.73 Å². The number of rotatable bonds is 5. The summed E-state index contributed by atoms with van der Waals surface area (Å²) in [7, 11) is 0. The third-order valence-corrected chi connectivity index (χ3v) is 4.48. The molecule has 1 unspecified atom stereocenters. The lowest BCUT2D eigenvalue weighted by atomic mass is 10.1. The topological polar surface area (TPSA) is 26.0 Å². The molecule has 0 saturated carbocycles. The van der Waals surface area contributed by atoms with Gasteiger partial charge in [0.1, 0.15) is 0 Å². The maximum absolute atomic E-state index is 6.15. The van der Waals surface area contributed by atoms with Gasteiger partial charge < -0.3 is 5.73 Å². The molecule has 3 heteroatoms. The molecule has 0 bridgehead atoms. The molecule has 2 N–H and O–H groups in total. The zero-order valence-corrected chi connectivity index (χ0v) is 12.5. The van der Waals surface area contributed by atoms with E-state index in [0.717, 1.165) is 17.2 Å². The van der Waals surface area contributed by atoms with Gasteiger partial charge in [-0.15, -0.1) is 11.8 Å². The van der Waals surface area contributed by atoms with Crippen molar-refractivity contribution in [1.29, 1.82) is 0 Å². The lowest BCUT2D eigenvalue weighted by Gasteiger charge is -2.14. The summed E-state index contributed by atoms with van der Waals surface area (Å²) >= 11 is 7.72. The minimum atomic E-state index is 0.119. The second kappa shape index (κ2) is 6.99. The standard InChI is InChI=1S/C16H18ClNS/c1-2-15(18)14-5-3-4-6-16(14)19-11-12-7-9-13(17)10-8-12/h3-10,15H,2,11,18H2,1H3. The molecule has 0 amide bonds. The van der Waals surface area contributed by atoms with Crippen molar-refractivity contribution in [3.63, 3.8) is 0 Å². The van der Waals surface area contributed by atoms with E-state index in [4.69, 9.17) is 17.3 Å².